The molecule has 11 heteroatoms. The van der Waals surface area contributed by atoms with Gasteiger partial charge in [-0.15, -0.1) is 5.10 Å². The predicted molar refractivity (Wildman–Crippen MR) is 104 cm³/mol. The largest absolute Gasteiger partial charge is 0.389 e. The topological polar surface area (TPSA) is 74.9 Å². The van der Waals surface area contributed by atoms with Gasteiger partial charge in [-0.25, -0.2) is 22.7 Å². The van der Waals surface area contributed by atoms with Gasteiger partial charge in [0.05, 0.1) is 41.7 Å². The molecule has 0 saturated carbocycles. The van der Waals surface area contributed by atoms with Gasteiger partial charge in [-0.05, 0) is 48.3 Å². The van der Waals surface area contributed by atoms with E-state index >= 15 is 0 Å². The number of anilines is 1. The van der Waals surface area contributed by atoms with Crippen molar-refractivity contribution >= 4 is 27.4 Å². The van der Waals surface area contributed by atoms with E-state index in [1.54, 1.807) is 4.90 Å². The highest BCUT2D eigenvalue weighted by atomic mass is 79.9. The molecular weight excluding hydrogens is 455 g/mol. The van der Waals surface area contributed by atoms with Crippen molar-refractivity contribution in [3.63, 3.8) is 0 Å². The number of aromatic nitrogens is 3. The molecule has 2 aliphatic heterocycles. The summed E-state index contributed by atoms with van der Waals surface area (Å²) in [6.45, 7) is 1.59. The summed E-state index contributed by atoms with van der Waals surface area (Å²) in [4.78, 5) is 5.93. The van der Waals surface area contributed by atoms with Crippen LogP contribution in [0.5, 0.6) is 0 Å². The van der Waals surface area contributed by atoms with E-state index in [0.29, 0.717) is 55.1 Å². The average Bonchev–Trinajstić information content (AvgIpc) is 2.94. The zero-order chi connectivity index (χ0) is 20.5. The predicted octanol–water partition coefficient (Wildman–Crippen LogP) is 2.64. The van der Waals surface area contributed by atoms with Gasteiger partial charge in [0, 0.05) is 12.5 Å². The van der Waals surface area contributed by atoms with Gasteiger partial charge in [0.25, 0.3) is 6.43 Å². The van der Waals surface area contributed by atoms with Crippen LogP contribution in [-0.4, -0.2) is 76.0 Å². The highest BCUT2D eigenvalue weighted by molar-refractivity contribution is 9.10. The Morgan fingerprint density at radius 2 is 2.07 bits per heavy atom. The van der Waals surface area contributed by atoms with Crippen molar-refractivity contribution in [2.45, 2.75) is 43.8 Å². The van der Waals surface area contributed by atoms with E-state index in [2.05, 4.69) is 31.3 Å². The van der Waals surface area contributed by atoms with E-state index in [1.165, 1.54) is 10.7 Å². The number of hydrogen-bond donors (Lipinski definition) is 2. The number of hydrogen-bond acceptors (Lipinski definition) is 6. The zero-order valence-corrected chi connectivity index (χ0v) is 17.3. The van der Waals surface area contributed by atoms with E-state index in [9.17, 15) is 18.3 Å². The fraction of sp³-hybridized carbons (Fsp3) is 0.667. The fourth-order valence-electron chi connectivity index (χ4n) is 4.06. The van der Waals surface area contributed by atoms with Gasteiger partial charge in [-0.2, -0.15) is 0 Å². The number of aliphatic hydroxyl groups is 1. The van der Waals surface area contributed by atoms with Gasteiger partial charge >= 0.3 is 0 Å². The number of piperidine rings is 1. The maximum Gasteiger partial charge on any atom is 0.251 e. The molecule has 0 aliphatic carbocycles. The highest BCUT2D eigenvalue weighted by Crippen LogP contribution is 2.37. The van der Waals surface area contributed by atoms with Crippen molar-refractivity contribution in [1.29, 1.82) is 0 Å². The fourth-order valence-corrected chi connectivity index (χ4v) is 4.76. The molecule has 2 N–H and O–H groups in total. The van der Waals surface area contributed by atoms with Crippen molar-refractivity contribution in [3.05, 3.63) is 22.2 Å². The molecule has 4 heterocycles. The number of nitrogens with zero attached hydrogens (tertiary/aromatic N) is 4. The van der Waals surface area contributed by atoms with E-state index < -0.39 is 18.3 Å². The van der Waals surface area contributed by atoms with Crippen LogP contribution in [0.25, 0.3) is 5.52 Å². The zero-order valence-electron chi connectivity index (χ0n) is 15.7. The Hall–Kier alpha value is -1.43. The molecule has 7 nitrogen and oxygen atoms in total. The van der Waals surface area contributed by atoms with E-state index in [-0.39, 0.29) is 30.6 Å². The maximum absolute atomic E-state index is 14.7. The minimum Gasteiger partial charge on any atom is -0.389 e. The monoisotopic (exact) mass is 477 g/mol. The normalized spacial score (nSPS) is 24.5. The Bertz CT molecular complexity index is 860. The first-order valence-corrected chi connectivity index (χ1v) is 10.5. The third-order valence-electron chi connectivity index (χ3n) is 5.61. The lowest BCUT2D eigenvalue weighted by atomic mass is 9.93. The third-order valence-corrected chi connectivity index (χ3v) is 6.37. The molecular formula is C18H23BrF3N5O2. The van der Waals surface area contributed by atoms with Crippen LogP contribution < -0.4 is 5.32 Å². The second-order valence-corrected chi connectivity index (χ2v) is 8.33. The van der Waals surface area contributed by atoms with Crippen molar-refractivity contribution in [2.24, 2.45) is 0 Å². The average molecular weight is 478 g/mol. The van der Waals surface area contributed by atoms with Crippen LogP contribution in [-0.2, 0) is 4.74 Å². The molecule has 29 heavy (non-hydrogen) atoms. The molecule has 2 atom stereocenters. The Morgan fingerprint density at radius 1 is 1.31 bits per heavy atom. The van der Waals surface area contributed by atoms with Gasteiger partial charge in [0.2, 0.25) is 5.95 Å². The quantitative estimate of drug-likeness (QED) is 0.689. The molecule has 0 radical (unpaired) electrons. The Kier molecular flexibility index (Phi) is 6.28. The summed E-state index contributed by atoms with van der Waals surface area (Å²) in [5.74, 6) is -0.151. The molecule has 0 aromatic carbocycles. The Balaban J connectivity index is 1.58. The van der Waals surface area contributed by atoms with Crippen molar-refractivity contribution < 1.29 is 23.0 Å². The van der Waals surface area contributed by atoms with Gasteiger partial charge in [-0.1, -0.05) is 0 Å². The summed E-state index contributed by atoms with van der Waals surface area (Å²) in [6.07, 6.45) is 0.282. The number of rotatable bonds is 5. The molecule has 2 aliphatic rings. The third kappa shape index (κ3) is 4.37. The van der Waals surface area contributed by atoms with Gasteiger partial charge in [-0.3, -0.25) is 4.90 Å². The first-order chi connectivity index (χ1) is 13.9. The Labute approximate surface area is 174 Å². The van der Waals surface area contributed by atoms with Crippen LogP contribution in [0.3, 0.4) is 0 Å². The summed E-state index contributed by atoms with van der Waals surface area (Å²) < 4.78 is 47.1. The minimum atomic E-state index is -2.35. The van der Waals surface area contributed by atoms with E-state index in [1.807, 2.05) is 0 Å². The molecule has 0 amide bonds. The van der Waals surface area contributed by atoms with Gasteiger partial charge < -0.3 is 15.2 Å². The lowest BCUT2D eigenvalue weighted by molar-refractivity contribution is -0.0136. The Morgan fingerprint density at radius 3 is 2.76 bits per heavy atom. The second kappa shape index (κ2) is 8.75. The van der Waals surface area contributed by atoms with Crippen LogP contribution in [0.15, 0.2) is 10.7 Å². The van der Waals surface area contributed by atoms with Crippen LogP contribution >= 0.6 is 15.9 Å². The number of nitrogens with one attached hydrogen (secondary N) is 1. The van der Waals surface area contributed by atoms with Crippen molar-refractivity contribution in [3.8, 4) is 0 Å². The SMILES string of the molecule is O[C@@H]1COCC[C@H]1Nc1ncc2c(F)c(Br)c(C3CCN(CC(F)F)CC3)n2n1. The molecule has 160 valence electrons. The van der Waals surface area contributed by atoms with Crippen molar-refractivity contribution in [1.82, 2.24) is 19.5 Å². The number of fused-ring (bicyclic) bond motifs is 1. The van der Waals surface area contributed by atoms with Crippen LogP contribution in [0.1, 0.15) is 30.9 Å². The van der Waals surface area contributed by atoms with E-state index in [0.717, 1.165) is 0 Å². The molecule has 0 unspecified atom stereocenters. The molecule has 2 saturated heterocycles. The molecule has 2 fully saturated rings. The van der Waals surface area contributed by atoms with Crippen LogP contribution in [0.4, 0.5) is 19.1 Å². The van der Waals surface area contributed by atoms with Crippen LogP contribution in [0.2, 0.25) is 0 Å². The first-order valence-electron chi connectivity index (χ1n) is 9.69. The number of ether oxygens (including phenoxy) is 1. The standard InChI is InChI=1S/C18H23BrF3N5O2/c19-15-16(22)12-7-23-18(24-11-3-6-29-9-13(11)28)25-27(12)17(15)10-1-4-26(5-2-10)8-14(20)21/h7,10-11,13-14,28H,1-6,8-9H2,(H,24,25)/t11-,13-/m1/s1. The second-order valence-electron chi connectivity index (χ2n) is 7.54. The molecule has 0 bridgehead atoms. The maximum atomic E-state index is 14.7. The summed E-state index contributed by atoms with van der Waals surface area (Å²) in [5, 5.41) is 17.6. The minimum absolute atomic E-state index is 0.00767. The lowest BCUT2D eigenvalue weighted by Gasteiger charge is -2.31. The van der Waals surface area contributed by atoms with Crippen molar-refractivity contribution in [2.75, 3.05) is 38.2 Å². The summed E-state index contributed by atoms with van der Waals surface area (Å²) in [6, 6.07) is -0.244. The number of alkyl halides is 2. The summed E-state index contributed by atoms with van der Waals surface area (Å²) >= 11 is 3.34. The highest BCUT2D eigenvalue weighted by Gasteiger charge is 2.30. The number of likely N-dealkylation sites (tertiary alicyclic amines) is 1. The number of halogens is 4. The molecule has 2 aromatic rings. The van der Waals surface area contributed by atoms with Gasteiger partial charge in [0.1, 0.15) is 5.52 Å². The molecule has 2 aromatic heterocycles. The van der Waals surface area contributed by atoms with Gasteiger partial charge in [0.15, 0.2) is 5.82 Å². The number of aliphatic hydroxyl groups excluding tert-OH is 1. The first kappa shape index (κ1) is 20.8. The lowest BCUT2D eigenvalue weighted by Crippen LogP contribution is -2.42. The summed E-state index contributed by atoms with van der Waals surface area (Å²) in [7, 11) is 0. The van der Waals surface area contributed by atoms with Crippen LogP contribution in [0, 0.1) is 5.82 Å². The molecule has 0 spiro atoms. The smallest absolute Gasteiger partial charge is 0.251 e. The summed E-state index contributed by atoms with van der Waals surface area (Å²) in [5.41, 5.74) is 0.937. The van der Waals surface area contributed by atoms with E-state index in [4.69, 9.17) is 4.74 Å². The molecule has 4 rings (SSSR count).